The average Bonchev–Trinajstić information content (AvgIpc) is 2.46. The van der Waals surface area contributed by atoms with Crippen LogP contribution < -0.4 is 0 Å². The second kappa shape index (κ2) is 5.62. The van der Waals surface area contributed by atoms with Crippen molar-refractivity contribution < 1.29 is 5.11 Å². The summed E-state index contributed by atoms with van der Waals surface area (Å²) in [6.07, 6.45) is 10.7. The lowest BCUT2D eigenvalue weighted by Crippen LogP contribution is -2.46. The summed E-state index contributed by atoms with van der Waals surface area (Å²) in [6, 6.07) is 8.42. The molecule has 0 atom stereocenters. The van der Waals surface area contributed by atoms with Crippen molar-refractivity contribution in [2.24, 2.45) is 23.2 Å². The standard InChI is InChI=1S/C19H26OS/c20-13-14-1-3-18(4-2-14)21-6-5-19-10-15-7-16(11-19)9-17(8-15)12-19/h1-4,15-17,20H,5-13H2. The molecule has 1 aromatic rings. The summed E-state index contributed by atoms with van der Waals surface area (Å²) in [5, 5.41) is 9.09. The number of aliphatic hydroxyl groups is 1. The molecule has 0 amide bonds. The molecule has 0 aromatic heterocycles. The van der Waals surface area contributed by atoms with E-state index in [2.05, 4.69) is 12.1 Å². The lowest BCUT2D eigenvalue weighted by molar-refractivity contribution is -0.0538. The molecule has 4 aliphatic rings. The van der Waals surface area contributed by atoms with Crippen LogP contribution in [0.25, 0.3) is 0 Å². The van der Waals surface area contributed by atoms with Crippen LogP contribution in [0.3, 0.4) is 0 Å². The number of hydrogen-bond donors (Lipinski definition) is 1. The Hall–Kier alpha value is -0.470. The van der Waals surface area contributed by atoms with E-state index in [1.165, 1.54) is 36.3 Å². The van der Waals surface area contributed by atoms with Crippen molar-refractivity contribution in [1.29, 1.82) is 0 Å². The lowest BCUT2D eigenvalue weighted by Gasteiger charge is -2.57. The van der Waals surface area contributed by atoms with E-state index in [0.29, 0.717) is 5.41 Å². The quantitative estimate of drug-likeness (QED) is 0.782. The Morgan fingerprint density at radius 3 is 2.05 bits per heavy atom. The fraction of sp³-hybridized carbons (Fsp3) is 0.684. The molecule has 0 aliphatic heterocycles. The van der Waals surface area contributed by atoms with Crippen molar-refractivity contribution in [3.8, 4) is 0 Å². The zero-order chi connectivity index (χ0) is 14.3. The minimum atomic E-state index is 0.151. The first-order valence-corrected chi connectivity index (χ1v) is 9.56. The molecule has 0 spiro atoms. The predicted molar refractivity (Wildman–Crippen MR) is 88.3 cm³/mol. The van der Waals surface area contributed by atoms with Crippen molar-refractivity contribution >= 4 is 11.8 Å². The van der Waals surface area contributed by atoms with Gasteiger partial charge in [0.25, 0.3) is 0 Å². The molecule has 4 saturated carbocycles. The molecule has 1 N–H and O–H groups in total. The minimum Gasteiger partial charge on any atom is -0.392 e. The third kappa shape index (κ3) is 2.90. The van der Waals surface area contributed by atoms with Gasteiger partial charge in [0, 0.05) is 4.90 Å². The number of aliphatic hydroxyl groups excluding tert-OH is 1. The van der Waals surface area contributed by atoms with Crippen molar-refractivity contribution in [1.82, 2.24) is 0 Å². The van der Waals surface area contributed by atoms with Gasteiger partial charge < -0.3 is 5.11 Å². The first kappa shape index (κ1) is 14.1. The molecule has 4 aliphatic carbocycles. The van der Waals surface area contributed by atoms with Crippen molar-refractivity contribution in [3.63, 3.8) is 0 Å². The third-order valence-corrected chi connectivity index (χ3v) is 7.19. The van der Waals surface area contributed by atoms with Crippen LogP contribution in [0, 0.1) is 23.2 Å². The zero-order valence-corrected chi connectivity index (χ0v) is 13.6. The fourth-order valence-corrected chi connectivity index (χ4v) is 6.77. The summed E-state index contributed by atoms with van der Waals surface area (Å²) in [5.74, 6) is 4.49. The number of thioether (sulfide) groups is 1. The highest BCUT2D eigenvalue weighted by Gasteiger charge is 2.50. The highest BCUT2D eigenvalue weighted by molar-refractivity contribution is 7.99. The summed E-state index contributed by atoms with van der Waals surface area (Å²) >= 11 is 2.01. The summed E-state index contributed by atoms with van der Waals surface area (Å²) in [5.41, 5.74) is 1.73. The van der Waals surface area contributed by atoms with E-state index in [1.54, 1.807) is 19.3 Å². The van der Waals surface area contributed by atoms with Crippen molar-refractivity contribution in [2.75, 3.05) is 5.75 Å². The molecule has 4 fully saturated rings. The predicted octanol–water partition coefficient (Wildman–Crippen LogP) is 4.88. The van der Waals surface area contributed by atoms with Gasteiger partial charge in [0.15, 0.2) is 0 Å². The molecular weight excluding hydrogens is 276 g/mol. The Labute approximate surface area is 132 Å². The van der Waals surface area contributed by atoms with Crippen LogP contribution >= 0.6 is 11.8 Å². The molecule has 1 nitrogen and oxygen atoms in total. The van der Waals surface area contributed by atoms with Gasteiger partial charge in [-0.15, -0.1) is 11.8 Å². The summed E-state index contributed by atoms with van der Waals surface area (Å²) in [7, 11) is 0. The maximum absolute atomic E-state index is 9.09. The van der Waals surface area contributed by atoms with Crippen LogP contribution in [0.1, 0.15) is 50.5 Å². The summed E-state index contributed by atoms with van der Waals surface area (Å²) in [6.45, 7) is 0.151. The molecule has 4 bridgehead atoms. The second-order valence-electron chi connectivity index (χ2n) is 7.82. The normalized spacial score (nSPS) is 37.1. The van der Waals surface area contributed by atoms with Gasteiger partial charge in [-0.3, -0.25) is 0 Å². The Bertz CT molecular complexity index is 458. The van der Waals surface area contributed by atoms with E-state index >= 15 is 0 Å². The van der Waals surface area contributed by atoms with Gasteiger partial charge in [-0.1, -0.05) is 12.1 Å². The molecule has 0 heterocycles. The minimum absolute atomic E-state index is 0.151. The van der Waals surface area contributed by atoms with Gasteiger partial charge in [0.1, 0.15) is 0 Å². The smallest absolute Gasteiger partial charge is 0.0681 e. The molecule has 114 valence electrons. The Morgan fingerprint density at radius 1 is 0.952 bits per heavy atom. The highest BCUT2D eigenvalue weighted by atomic mass is 32.2. The van der Waals surface area contributed by atoms with E-state index < -0.39 is 0 Å². The van der Waals surface area contributed by atoms with Crippen LogP contribution in [0.4, 0.5) is 0 Å². The maximum Gasteiger partial charge on any atom is 0.0681 e. The van der Waals surface area contributed by atoms with E-state index in [1.807, 2.05) is 23.9 Å². The Morgan fingerprint density at radius 2 is 1.52 bits per heavy atom. The number of rotatable bonds is 5. The summed E-state index contributed by atoms with van der Waals surface area (Å²) < 4.78 is 0. The molecular formula is C19H26OS. The Balaban J connectivity index is 1.34. The summed E-state index contributed by atoms with van der Waals surface area (Å²) in [4.78, 5) is 1.36. The maximum atomic E-state index is 9.09. The van der Waals surface area contributed by atoms with Crippen LogP contribution in [0.15, 0.2) is 29.2 Å². The third-order valence-electron chi connectivity index (χ3n) is 6.17. The second-order valence-corrected chi connectivity index (χ2v) is 8.99. The van der Waals surface area contributed by atoms with Crippen molar-refractivity contribution in [3.05, 3.63) is 29.8 Å². The van der Waals surface area contributed by atoms with Gasteiger partial charge in [-0.25, -0.2) is 0 Å². The van der Waals surface area contributed by atoms with E-state index in [-0.39, 0.29) is 6.61 Å². The van der Waals surface area contributed by atoms with Crippen molar-refractivity contribution in [2.45, 2.75) is 56.4 Å². The monoisotopic (exact) mass is 302 g/mol. The van der Waals surface area contributed by atoms with Gasteiger partial charge in [-0.05, 0) is 91.6 Å². The molecule has 0 unspecified atom stereocenters. The van der Waals surface area contributed by atoms with E-state index in [0.717, 1.165) is 23.3 Å². The first-order valence-electron chi connectivity index (χ1n) is 8.57. The molecule has 1 aromatic carbocycles. The molecule has 0 radical (unpaired) electrons. The molecule has 21 heavy (non-hydrogen) atoms. The largest absolute Gasteiger partial charge is 0.392 e. The fourth-order valence-electron chi connectivity index (χ4n) is 5.67. The van der Waals surface area contributed by atoms with Crippen LogP contribution in [0.5, 0.6) is 0 Å². The lowest BCUT2D eigenvalue weighted by atomic mass is 9.49. The topological polar surface area (TPSA) is 20.2 Å². The SMILES string of the molecule is OCc1ccc(SCCC23CC4CC(CC(C4)C2)C3)cc1. The zero-order valence-electron chi connectivity index (χ0n) is 12.8. The van der Waals surface area contributed by atoms with E-state index in [4.69, 9.17) is 5.11 Å². The Kier molecular flexibility index (Phi) is 3.79. The average molecular weight is 302 g/mol. The van der Waals surface area contributed by atoms with Gasteiger partial charge in [0.05, 0.1) is 6.61 Å². The molecule has 2 heteroatoms. The molecule has 5 rings (SSSR count). The van der Waals surface area contributed by atoms with Gasteiger partial charge in [-0.2, -0.15) is 0 Å². The van der Waals surface area contributed by atoms with Gasteiger partial charge in [0.2, 0.25) is 0 Å². The first-order chi connectivity index (χ1) is 10.2. The van der Waals surface area contributed by atoms with Crippen LogP contribution in [-0.4, -0.2) is 10.9 Å². The van der Waals surface area contributed by atoms with Crippen LogP contribution in [0.2, 0.25) is 0 Å². The molecule has 0 saturated heterocycles. The number of benzene rings is 1. The van der Waals surface area contributed by atoms with Crippen LogP contribution in [-0.2, 0) is 6.61 Å². The van der Waals surface area contributed by atoms with E-state index in [9.17, 15) is 0 Å². The highest BCUT2D eigenvalue weighted by Crippen LogP contribution is 2.61. The van der Waals surface area contributed by atoms with Gasteiger partial charge >= 0.3 is 0 Å². The number of hydrogen-bond acceptors (Lipinski definition) is 2.